The number of anilines is 2. The van der Waals surface area contributed by atoms with Gasteiger partial charge in [0.05, 0.1) is 38.5 Å². The Morgan fingerprint density at radius 1 is 0.816 bits per heavy atom. The highest BCUT2D eigenvalue weighted by Gasteiger charge is 2.30. The molecule has 0 bridgehead atoms. The number of hydrogen-bond acceptors (Lipinski definition) is 7. The van der Waals surface area contributed by atoms with Gasteiger partial charge in [-0.3, -0.25) is 29.0 Å². The largest absolute Gasteiger partial charge is 0.416 e. The standard InChI is InChI=1S/C27H18F3N3O5/c28-27(29,30)13-9-7-12(8-10-13)16(34)6-3-11-32-22-19-17(21(31)18-20(22)26(38)33-25(18)37)23(35)14-4-1-2-5-15(14)24(19)36/h1-2,4-5,7-10,32H,3,6,11,31H2,(H,33,37,38). The van der Waals surface area contributed by atoms with E-state index in [1.165, 1.54) is 12.1 Å². The van der Waals surface area contributed by atoms with E-state index >= 15 is 0 Å². The molecule has 0 aliphatic heterocycles. The van der Waals surface area contributed by atoms with Gasteiger partial charge in [-0.2, -0.15) is 13.2 Å². The van der Waals surface area contributed by atoms with E-state index in [2.05, 4.69) is 10.3 Å². The van der Waals surface area contributed by atoms with Gasteiger partial charge in [-0.25, -0.2) is 0 Å². The summed E-state index contributed by atoms with van der Waals surface area (Å²) in [5, 5.41) is 2.47. The number of aromatic nitrogens is 1. The number of benzene rings is 4. The van der Waals surface area contributed by atoms with Crippen LogP contribution in [0.5, 0.6) is 0 Å². The minimum absolute atomic E-state index is 0.0395. The monoisotopic (exact) mass is 521 g/mol. The number of aromatic amines is 1. The molecule has 0 amide bonds. The Labute approximate surface area is 210 Å². The number of carbonyl (C=O) groups excluding carboxylic acids is 1. The van der Waals surface area contributed by atoms with Crippen LogP contribution >= 0.6 is 0 Å². The summed E-state index contributed by atoms with van der Waals surface area (Å²) < 4.78 is 38.3. The van der Waals surface area contributed by atoms with Gasteiger partial charge in [-0.1, -0.05) is 36.4 Å². The normalized spacial score (nSPS) is 12.0. The van der Waals surface area contributed by atoms with Gasteiger partial charge in [-0.15, -0.1) is 0 Å². The highest BCUT2D eigenvalue weighted by molar-refractivity contribution is 6.21. The van der Waals surface area contributed by atoms with E-state index in [0.29, 0.717) is 0 Å². The number of alkyl halides is 3. The quantitative estimate of drug-likeness (QED) is 0.102. The first-order valence-corrected chi connectivity index (χ1v) is 11.5. The lowest BCUT2D eigenvalue weighted by Gasteiger charge is -2.13. The predicted octanol–water partition coefficient (Wildman–Crippen LogP) is 3.47. The number of hydrogen-bond donors (Lipinski definition) is 3. The molecule has 38 heavy (non-hydrogen) atoms. The van der Waals surface area contributed by atoms with Gasteiger partial charge in [0.25, 0.3) is 11.1 Å². The third kappa shape index (κ3) is 3.92. The first-order chi connectivity index (χ1) is 18.0. The molecular formula is C27H18F3N3O5. The summed E-state index contributed by atoms with van der Waals surface area (Å²) in [6.07, 6.45) is -4.41. The molecule has 1 heterocycles. The molecule has 11 heteroatoms. The predicted molar refractivity (Wildman–Crippen MR) is 139 cm³/mol. The molecule has 0 spiro atoms. The molecular weight excluding hydrogens is 503 g/mol. The zero-order valence-electron chi connectivity index (χ0n) is 19.5. The molecule has 1 aromatic heterocycles. The van der Waals surface area contributed by atoms with Crippen LogP contribution in [0.1, 0.15) is 28.8 Å². The maximum absolute atomic E-state index is 13.4. The zero-order valence-corrected chi connectivity index (χ0v) is 19.5. The van der Waals surface area contributed by atoms with Gasteiger partial charge in [0, 0.05) is 29.3 Å². The van der Waals surface area contributed by atoms with Gasteiger partial charge in [-0.05, 0) is 18.6 Å². The topological polar surface area (TPSA) is 139 Å². The summed E-state index contributed by atoms with van der Waals surface area (Å²) in [5.41, 5.74) is 2.37. The van der Waals surface area contributed by atoms with Crippen molar-refractivity contribution in [1.29, 1.82) is 0 Å². The fourth-order valence-electron chi connectivity index (χ4n) is 4.70. The summed E-state index contributed by atoms with van der Waals surface area (Å²) in [5.74, 6) is -0.404. The van der Waals surface area contributed by atoms with Crippen molar-refractivity contribution in [1.82, 2.24) is 4.98 Å². The smallest absolute Gasteiger partial charge is 0.397 e. The number of carbonyl (C=O) groups is 1. The Balaban J connectivity index is 1.52. The van der Waals surface area contributed by atoms with Gasteiger partial charge < -0.3 is 11.1 Å². The van der Waals surface area contributed by atoms with Crippen LogP contribution in [0.2, 0.25) is 0 Å². The maximum atomic E-state index is 13.4. The first-order valence-electron chi connectivity index (χ1n) is 11.5. The molecule has 0 fully saturated rings. The van der Waals surface area contributed by atoms with E-state index in [1.807, 2.05) is 0 Å². The summed E-state index contributed by atoms with van der Waals surface area (Å²) >= 11 is 0. The Hall–Kier alpha value is -4.80. The molecule has 4 N–H and O–H groups in total. The summed E-state index contributed by atoms with van der Waals surface area (Å²) in [6, 6.07) is 9.95. The van der Waals surface area contributed by atoms with Crippen molar-refractivity contribution in [2.45, 2.75) is 19.0 Å². The van der Waals surface area contributed by atoms with Crippen LogP contribution in [0.4, 0.5) is 24.5 Å². The van der Waals surface area contributed by atoms with Crippen LogP contribution < -0.4 is 33.0 Å². The van der Waals surface area contributed by atoms with Gasteiger partial charge >= 0.3 is 6.18 Å². The van der Waals surface area contributed by atoms with Crippen LogP contribution in [0.15, 0.2) is 67.7 Å². The van der Waals surface area contributed by atoms with Gasteiger partial charge in [0.15, 0.2) is 16.6 Å². The maximum Gasteiger partial charge on any atom is 0.416 e. The fraction of sp³-hybridized carbons (Fsp3) is 0.148. The van der Waals surface area contributed by atoms with Crippen molar-refractivity contribution >= 4 is 49.5 Å². The van der Waals surface area contributed by atoms with Crippen LogP contribution in [-0.2, 0) is 6.18 Å². The first kappa shape index (κ1) is 24.9. The van der Waals surface area contributed by atoms with E-state index in [1.54, 1.807) is 12.1 Å². The van der Waals surface area contributed by atoms with Crippen LogP contribution in [0.25, 0.3) is 32.3 Å². The lowest BCUT2D eigenvalue weighted by atomic mass is 9.96. The van der Waals surface area contributed by atoms with Gasteiger partial charge in [0.1, 0.15) is 0 Å². The number of Topliss-reactive ketones (excluding diaryl/α,β-unsaturated/α-hetero) is 1. The Kier molecular flexibility index (Phi) is 5.85. The number of ketones is 1. The average Bonchev–Trinajstić information content (AvgIpc) is 3.19. The molecule has 192 valence electrons. The third-order valence-electron chi connectivity index (χ3n) is 6.51. The van der Waals surface area contributed by atoms with Crippen molar-refractivity contribution < 1.29 is 18.0 Å². The molecule has 8 nitrogen and oxygen atoms in total. The Morgan fingerprint density at radius 2 is 1.39 bits per heavy atom. The minimum atomic E-state index is -4.52. The minimum Gasteiger partial charge on any atom is -0.397 e. The number of nitrogens with one attached hydrogen (secondary N) is 2. The van der Waals surface area contributed by atoms with E-state index in [-0.39, 0.29) is 68.6 Å². The number of rotatable bonds is 6. The number of nitrogens with two attached hydrogens (primary N) is 1. The second kappa shape index (κ2) is 8.94. The lowest BCUT2D eigenvalue weighted by Crippen LogP contribution is -2.18. The summed E-state index contributed by atoms with van der Waals surface area (Å²) in [4.78, 5) is 66.4. The molecule has 0 atom stereocenters. The van der Waals surface area contributed by atoms with E-state index < -0.39 is 39.5 Å². The highest BCUT2D eigenvalue weighted by atomic mass is 19.4. The zero-order chi connectivity index (χ0) is 27.4. The van der Waals surface area contributed by atoms with Crippen molar-refractivity contribution in [3.63, 3.8) is 0 Å². The summed E-state index contributed by atoms with van der Waals surface area (Å²) in [6.45, 7) is 0.0414. The second-order valence-corrected chi connectivity index (χ2v) is 8.80. The molecule has 0 unspecified atom stereocenters. The Bertz CT molecular complexity index is 1970. The molecule has 0 aliphatic rings. The summed E-state index contributed by atoms with van der Waals surface area (Å²) in [7, 11) is 0. The van der Waals surface area contributed by atoms with Crippen molar-refractivity contribution in [2.24, 2.45) is 0 Å². The lowest BCUT2D eigenvalue weighted by molar-refractivity contribution is -0.137. The van der Waals surface area contributed by atoms with Crippen molar-refractivity contribution in [3.05, 3.63) is 101 Å². The number of fused-ring (bicyclic) bond motifs is 3. The van der Waals surface area contributed by atoms with Crippen LogP contribution in [-0.4, -0.2) is 17.3 Å². The van der Waals surface area contributed by atoms with Gasteiger partial charge in [0.2, 0.25) is 0 Å². The number of halogens is 3. The SMILES string of the molecule is Nc1c2c(=O)[nH]c(=O)c2c(NCCCC(=O)c2ccc(C(F)(F)F)cc2)c2c(=O)c3ccccc3c(=O)c12. The molecule has 5 aromatic rings. The number of nitrogen functional groups attached to an aromatic ring is 1. The molecule has 5 rings (SSSR count). The Morgan fingerprint density at radius 3 is 2.00 bits per heavy atom. The third-order valence-corrected chi connectivity index (χ3v) is 6.51. The second-order valence-electron chi connectivity index (χ2n) is 8.80. The van der Waals surface area contributed by atoms with Crippen LogP contribution in [0.3, 0.4) is 0 Å². The molecule has 0 radical (unpaired) electrons. The van der Waals surface area contributed by atoms with E-state index in [0.717, 1.165) is 24.3 Å². The van der Waals surface area contributed by atoms with Crippen LogP contribution in [0, 0.1) is 0 Å². The number of H-pyrrole nitrogens is 1. The highest BCUT2D eigenvalue weighted by Crippen LogP contribution is 2.33. The average molecular weight is 521 g/mol. The molecule has 0 saturated heterocycles. The van der Waals surface area contributed by atoms with Crippen molar-refractivity contribution in [3.8, 4) is 0 Å². The molecule has 0 aliphatic carbocycles. The molecule has 4 aromatic carbocycles. The molecule has 0 saturated carbocycles. The van der Waals surface area contributed by atoms with E-state index in [9.17, 15) is 37.1 Å². The van der Waals surface area contributed by atoms with Crippen molar-refractivity contribution in [2.75, 3.05) is 17.6 Å². The fourth-order valence-corrected chi connectivity index (χ4v) is 4.70. The van der Waals surface area contributed by atoms with E-state index in [4.69, 9.17) is 5.73 Å².